The van der Waals surface area contributed by atoms with E-state index in [1.807, 2.05) is 24.3 Å². The van der Waals surface area contributed by atoms with Crippen LogP contribution in [-0.2, 0) is 0 Å². The van der Waals surface area contributed by atoms with Crippen LogP contribution >= 0.6 is 0 Å². The molecule has 0 radical (unpaired) electrons. The van der Waals surface area contributed by atoms with Crippen LogP contribution in [0.2, 0.25) is 19.6 Å². The third kappa shape index (κ3) is 5.43. The Hall–Kier alpha value is -5.77. The summed E-state index contributed by atoms with van der Waals surface area (Å²) in [6.45, 7) is 7.19. The number of hydrogen-bond acceptors (Lipinski definition) is 2. The third-order valence-electron chi connectivity index (χ3n) is 9.85. The molecule has 0 atom stereocenters. The van der Waals surface area contributed by atoms with Crippen molar-refractivity contribution in [1.82, 2.24) is 4.98 Å². The van der Waals surface area contributed by atoms with Crippen molar-refractivity contribution in [1.29, 1.82) is 0 Å². The Morgan fingerprint density at radius 1 is 0.408 bits per heavy atom. The molecule has 8 aromatic carbocycles. The molecule has 0 spiro atoms. The fourth-order valence-electron chi connectivity index (χ4n) is 7.00. The van der Waals surface area contributed by atoms with Gasteiger partial charge in [0.05, 0.1) is 8.07 Å². The van der Waals surface area contributed by atoms with Crippen molar-refractivity contribution < 1.29 is 4.42 Å². The van der Waals surface area contributed by atoms with Crippen molar-refractivity contribution in [2.45, 2.75) is 19.6 Å². The maximum atomic E-state index is 5.97. The van der Waals surface area contributed by atoms with Gasteiger partial charge in [0.2, 0.25) is 5.89 Å². The molecule has 0 aliphatic heterocycles. The molecule has 0 unspecified atom stereocenters. The highest BCUT2D eigenvalue weighted by Gasteiger charge is 2.16. The van der Waals surface area contributed by atoms with Crippen molar-refractivity contribution >= 4 is 56.7 Å². The number of benzene rings is 8. The summed E-state index contributed by atoms with van der Waals surface area (Å²) in [6.07, 6.45) is 0. The highest BCUT2D eigenvalue weighted by molar-refractivity contribution is 6.88. The molecule has 0 N–H and O–H groups in total. The van der Waals surface area contributed by atoms with Crippen molar-refractivity contribution in [3.8, 4) is 44.8 Å². The van der Waals surface area contributed by atoms with Crippen molar-refractivity contribution in [2.75, 3.05) is 0 Å². The second-order valence-corrected chi connectivity index (χ2v) is 19.2. The Labute approximate surface area is 287 Å². The summed E-state index contributed by atoms with van der Waals surface area (Å²) < 4.78 is 5.97. The SMILES string of the molecule is C[Si](C)(C)c1ccc(-c2ccc3c(ccc4cc(-c5ccc6cc(-c7ccc(-c8nc9ccccc9o8)cc7)ccc6c5)ccc43)c2)cc1. The largest absolute Gasteiger partial charge is 0.436 e. The monoisotopic (exact) mass is 645 g/mol. The summed E-state index contributed by atoms with van der Waals surface area (Å²) in [6, 6.07) is 57.3. The smallest absolute Gasteiger partial charge is 0.227 e. The molecule has 1 aromatic heterocycles. The number of rotatable bonds is 5. The minimum absolute atomic E-state index is 0.647. The normalized spacial score (nSPS) is 12.0. The molecule has 0 aliphatic rings. The van der Waals surface area contributed by atoms with Crippen LogP contribution < -0.4 is 5.19 Å². The minimum Gasteiger partial charge on any atom is -0.436 e. The van der Waals surface area contributed by atoms with Crippen LogP contribution in [0.15, 0.2) is 162 Å². The van der Waals surface area contributed by atoms with E-state index >= 15 is 0 Å². The Balaban J connectivity index is 0.978. The first-order valence-corrected chi connectivity index (χ1v) is 20.4. The van der Waals surface area contributed by atoms with E-state index < -0.39 is 8.07 Å². The molecule has 49 heavy (non-hydrogen) atoms. The van der Waals surface area contributed by atoms with Gasteiger partial charge in [0.15, 0.2) is 5.58 Å². The molecule has 0 fully saturated rings. The first kappa shape index (κ1) is 29.4. The average molecular weight is 646 g/mol. The molecule has 0 aliphatic carbocycles. The van der Waals surface area contributed by atoms with Gasteiger partial charge in [0, 0.05) is 5.56 Å². The average Bonchev–Trinajstić information content (AvgIpc) is 3.58. The number of nitrogens with zero attached hydrogens (tertiary/aromatic N) is 1. The van der Waals surface area contributed by atoms with Gasteiger partial charge < -0.3 is 4.42 Å². The van der Waals surface area contributed by atoms with Crippen LogP contribution in [0.25, 0.3) is 88.3 Å². The maximum absolute atomic E-state index is 5.97. The highest BCUT2D eigenvalue weighted by atomic mass is 28.3. The second-order valence-electron chi connectivity index (χ2n) is 14.1. The van der Waals surface area contributed by atoms with Crippen LogP contribution in [0.1, 0.15) is 0 Å². The van der Waals surface area contributed by atoms with E-state index in [0.29, 0.717) is 5.89 Å². The van der Waals surface area contributed by atoms with Gasteiger partial charge in [-0.3, -0.25) is 0 Å². The standard InChI is InChI=1S/C46H35NOSi/c1-49(2,3)41-22-18-31(19-23-41)34-20-24-42-39(28-34)16-17-40-29-38(21-25-43(40)42)37-15-14-35-26-33(12-13-36(35)27-37)30-8-10-32(11-9-30)46-47-44-6-4-5-7-45(44)48-46/h4-29H,1-3H3. The highest BCUT2D eigenvalue weighted by Crippen LogP contribution is 2.34. The van der Waals surface area contributed by atoms with E-state index in [-0.39, 0.29) is 0 Å². The Kier molecular flexibility index (Phi) is 6.85. The van der Waals surface area contributed by atoms with Gasteiger partial charge >= 0.3 is 0 Å². The van der Waals surface area contributed by atoms with Gasteiger partial charge in [0.1, 0.15) is 5.52 Å². The van der Waals surface area contributed by atoms with Gasteiger partial charge in [-0.05, 0) is 114 Å². The number of para-hydroxylation sites is 2. The molecule has 9 rings (SSSR count). The molecule has 0 bridgehead atoms. The molecule has 0 amide bonds. The lowest BCUT2D eigenvalue weighted by molar-refractivity contribution is 0.620. The van der Waals surface area contributed by atoms with Gasteiger partial charge in [-0.25, -0.2) is 4.98 Å². The molecule has 234 valence electrons. The van der Waals surface area contributed by atoms with E-state index in [1.54, 1.807) is 0 Å². The van der Waals surface area contributed by atoms with Gasteiger partial charge in [-0.15, -0.1) is 0 Å². The number of oxazole rings is 1. The lowest BCUT2D eigenvalue weighted by atomic mass is 9.94. The first-order chi connectivity index (χ1) is 23.9. The summed E-state index contributed by atoms with van der Waals surface area (Å²) in [5.74, 6) is 0.647. The van der Waals surface area contributed by atoms with Crippen LogP contribution in [0, 0.1) is 0 Å². The van der Waals surface area contributed by atoms with E-state index in [1.165, 1.54) is 70.9 Å². The molecule has 3 heteroatoms. The summed E-state index contributed by atoms with van der Waals surface area (Å²) in [5.41, 5.74) is 10.0. The van der Waals surface area contributed by atoms with Crippen molar-refractivity contribution in [3.05, 3.63) is 158 Å². The van der Waals surface area contributed by atoms with E-state index in [4.69, 9.17) is 4.42 Å². The number of aromatic nitrogens is 1. The molecule has 0 saturated carbocycles. The zero-order valence-electron chi connectivity index (χ0n) is 27.9. The molecular weight excluding hydrogens is 611 g/mol. The molecular formula is C46H35NOSi. The van der Waals surface area contributed by atoms with E-state index in [2.05, 4.69) is 158 Å². The summed E-state index contributed by atoms with van der Waals surface area (Å²) in [4.78, 5) is 4.65. The van der Waals surface area contributed by atoms with Gasteiger partial charge in [0.25, 0.3) is 0 Å². The second kappa shape index (κ2) is 11.4. The summed E-state index contributed by atoms with van der Waals surface area (Å²) >= 11 is 0. The summed E-state index contributed by atoms with van der Waals surface area (Å²) in [7, 11) is -1.31. The Morgan fingerprint density at radius 3 is 1.39 bits per heavy atom. The minimum atomic E-state index is -1.31. The van der Waals surface area contributed by atoms with E-state index in [9.17, 15) is 0 Å². The fraction of sp³-hybridized carbons (Fsp3) is 0.0652. The quantitative estimate of drug-likeness (QED) is 0.137. The Bertz CT molecular complexity index is 2650. The zero-order valence-corrected chi connectivity index (χ0v) is 28.9. The molecule has 9 aromatic rings. The lowest BCUT2D eigenvalue weighted by Crippen LogP contribution is -2.37. The van der Waals surface area contributed by atoms with Crippen LogP contribution in [0.4, 0.5) is 0 Å². The van der Waals surface area contributed by atoms with Crippen LogP contribution in [-0.4, -0.2) is 13.1 Å². The Morgan fingerprint density at radius 2 is 0.837 bits per heavy atom. The fourth-order valence-corrected chi connectivity index (χ4v) is 8.17. The van der Waals surface area contributed by atoms with Crippen LogP contribution in [0.5, 0.6) is 0 Å². The van der Waals surface area contributed by atoms with Crippen molar-refractivity contribution in [3.63, 3.8) is 0 Å². The van der Waals surface area contributed by atoms with Crippen molar-refractivity contribution in [2.24, 2.45) is 0 Å². The van der Waals surface area contributed by atoms with Crippen LogP contribution in [0.3, 0.4) is 0 Å². The predicted molar refractivity (Wildman–Crippen MR) is 211 cm³/mol. The summed E-state index contributed by atoms with van der Waals surface area (Å²) in [5, 5.41) is 9.06. The lowest BCUT2D eigenvalue weighted by Gasteiger charge is -2.17. The first-order valence-electron chi connectivity index (χ1n) is 16.9. The number of hydrogen-bond donors (Lipinski definition) is 0. The third-order valence-corrected chi connectivity index (χ3v) is 11.9. The van der Waals surface area contributed by atoms with Gasteiger partial charge in [-0.1, -0.05) is 134 Å². The molecule has 0 saturated heterocycles. The van der Waals surface area contributed by atoms with E-state index in [0.717, 1.165) is 16.7 Å². The predicted octanol–water partition coefficient (Wildman–Crippen LogP) is 12.5. The zero-order chi connectivity index (χ0) is 33.1. The number of fused-ring (bicyclic) bond motifs is 5. The maximum Gasteiger partial charge on any atom is 0.227 e. The molecule has 1 heterocycles. The molecule has 2 nitrogen and oxygen atoms in total. The topological polar surface area (TPSA) is 26.0 Å². The van der Waals surface area contributed by atoms with Gasteiger partial charge in [-0.2, -0.15) is 0 Å².